The Balaban J connectivity index is 1.69. The third kappa shape index (κ3) is 3.66. The molecule has 1 atom stereocenters. The molecular formula is C22H18FN5O2. The molecule has 7 nitrogen and oxygen atoms in total. The van der Waals surface area contributed by atoms with E-state index in [1.165, 1.54) is 12.1 Å². The third-order valence-corrected chi connectivity index (χ3v) is 4.58. The number of imidazole rings is 1. The summed E-state index contributed by atoms with van der Waals surface area (Å²) < 4.78 is 20.4. The molecule has 2 aromatic heterocycles. The molecule has 4 rings (SSSR count). The minimum atomic E-state index is -1.02. The molecule has 0 radical (unpaired) electrons. The number of halogens is 1. The number of benzene rings is 2. The second-order valence-corrected chi connectivity index (χ2v) is 6.55. The topological polar surface area (TPSA) is 99.1 Å². The zero-order valence-corrected chi connectivity index (χ0v) is 16.3. The quantitative estimate of drug-likeness (QED) is 0.511. The van der Waals surface area contributed by atoms with E-state index in [2.05, 4.69) is 26.8 Å². The Morgan fingerprint density at radius 1 is 1.13 bits per heavy atom. The van der Waals surface area contributed by atoms with Crippen LogP contribution in [-0.4, -0.2) is 31.7 Å². The number of aromatic nitrogens is 4. The number of rotatable bonds is 3. The lowest BCUT2D eigenvalue weighted by atomic mass is 10.1. The summed E-state index contributed by atoms with van der Waals surface area (Å²) in [6.07, 6.45) is -1.02. The number of nitrogens with two attached hydrogens (primary N) is 1. The molecule has 4 aromatic rings. The first-order valence-corrected chi connectivity index (χ1v) is 9.05. The number of aliphatic hydroxyl groups excluding tert-OH is 1. The predicted molar refractivity (Wildman–Crippen MR) is 111 cm³/mol. The number of anilines is 1. The maximum atomic E-state index is 13.6. The molecule has 0 saturated carbocycles. The zero-order valence-electron chi connectivity index (χ0n) is 16.3. The van der Waals surface area contributed by atoms with E-state index in [1.54, 1.807) is 55.1 Å². The monoisotopic (exact) mass is 403 g/mol. The average molecular weight is 403 g/mol. The first-order valence-electron chi connectivity index (χ1n) is 9.05. The Morgan fingerprint density at radius 2 is 1.90 bits per heavy atom. The summed E-state index contributed by atoms with van der Waals surface area (Å²) >= 11 is 0. The molecule has 0 aliphatic rings. The van der Waals surface area contributed by atoms with Crippen molar-refractivity contribution in [3.8, 4) is 29.0 Å². The van der Waals surface area contributed by atoms with E-state index in [0.717, 1.165) is 0 Å². The highest BCUT2D eigenvalue weighted by Gasteiger charge is 2.15. The predicted octanol–water partition coefficient (Wildman–Crippen LogP) is 2.85. The van der Waals surface area contributed by atoms with E-state index in [-0.39, 0.29) is 17.5 Å². The molecule has 0 aliphatic carbocycles. The van der Waals surface area contributed by atoms with Crippen LogP contribution in [0.3, 0.4) is 0 Å². The molecule has 0 spiro atoms. The fraction of sp³-hybridized carbons (Fsp3) is 0.136. The summed E-state index contributed by atoms with van der Waals surface area (Å²) in [6, 6.07) is 13.0. The van der Waals surface area contributed by atoms with Crippen LogP contribution >= 0.6 is 0 Å². The summed E-state index contributed by atoms with van der Waals surface area (Å²) in [5.74, 6) is 6.61. The van der Waals surface area contributed by atoms with Crippen molar-refractivity contribution in [1.82, 2.24) is 19.5 Å². The Kier molecular flexibility index (Phi) is 5.04. The second kappa shape index (κ2) is 7.81. The van der Waals surface area contributed by atoms with Crippen molar-refractivity contribution in [3.63, 3.8) is 0 Å². The van der Waals surface area contributed by atoms with Crippen molar-refractivity contribution < 1.29 is 14.2 Å². The number of nitrogens with zero attached hydrogens (tertiary/aromatic N) is 4. The highest BCUT2D eigenvalue weighted by atomic mass is 19.1. The van der Waals surface area contributed by atoms with Crippen LogP contribution < -0.4 is 10.5 Å². The first-order chi connectivity index (χ1) is 14.5. The van der Waals surface area contributed by atoms with Crippen LogP contribution in [0.15, 0.2) is 48.5 Å². The number of ether oxygens (including phenoxy) is 1. The van der Waals surface area contributed by atoms with Crippen molar-refractivity contribution in [1.29, 1.82) is 0 Å². The van der Waals surface area contributed by atoms with Crippen molar-refractivity contribution in [2.45, 2.75) is 6.10 Å². The van der Waals surface area contributed by atoms with Crippen LogP contribution in [0.2, 0.25) is 0 Å². The van der Waals surface area contributed by atoms with Crippen molar-refractivity contribution in [3.05, 3.63) is 65.7 Å². The number of aryl methyl sites for hydroxylation is 1. The van der Waals surface area contributed by atoms with Gasteiger partial charge in [-0.05, 0) is 35.7 Å². The molecule has 0 bridgehead atoms. The summed E-state index contributed by atoms with van der Waals surface area (Å²) in [6.45, 7) is 0. The third-order valence-electron chi connectivity index (χ3n) is 4.58. The Bertz CT molecular complexity index is 1290. The van der Waals surface area contributed by atoms with Crippen molar-refractivity contribution in [2.75, 3.05) is 12.8 Å². The molecule has 150 valence electrons. The number of methoxy groups -OCH3 is 1. The average Bonchev–Trinajstić information content (AvgIpc) is 3.09. The minimum Gasteiger partial charge on any atom is -0.497 e. The van der Waals surface area contributed by atoms with Gasteiger partial charge in [-0.1, -0.05) is 30.2 Å². The largest absolute Gasteiger partial charge is 0.497 e. The van der Waals surface area contributed by atoms with Gasteiger partial charge in [0.05, 0.1) is 7.11 Å². The molecule has 2 aromatic carbocycles. The molecule has 0 aliphatic heterocycles. The maximum Gasteiger partial charge on any atom is 0.209 e. The smallest absolute Gasteiger partial charge is 0.209 e. The lowest BCUT2D eigenvalue weighted by Crippen LogP contribution is -2.01. The fourth-order valence-electron chi connectivity index (χ4n) is 3.03. The van der Waals surface area contributed by atoms with Crippen LogP contribution in [-0.2, 0) is 7.05 Å². The Morgan fingerprint density at radius 3 is 2.60 bits per heavy atom. The van der Waals surface area contributed by atoms with Gasteiger partial charge >= 0.3 is 0 Å². The molecule has 1 unspecified atom stereocenters. The van der Waals surface area contributed by atoms with Crippen molar-refractivity contribution in [2.24, 2.45) is 7.05 Å². The summed E-state index contributed by atoms with van der Waals surface area (Å²) in [7, 11) is 3.33. The normalized spacial score (nSPS) is 11.7. The highest BCUT2D eigenvalue weighted by molar-refractivity contribution is 5.85. The van der Waals surface area contributed by atoms with Gasteiger partial charge in [-0.15, -0.1) is 0 Å². The van der Waals surface area contributed by atoms with E-state index in [9.17, 15) is 9.50 Å². The molecular weight excluding hydrogens is 385 g/mol. The highest BCUT2D eigenvalue weighted by Crippen LogP contribution is 2.25. The number of fused-ring (bicyclic) bond motifs is 1. The lowest BCUT2D eigenvalue weighted by Gasteiger charge is -2.05. The first kappa shape index (κ1) is 19.4. The van der Waals surface area contributed by atoms with Gasteiger partial charge in [-0.25, -0.2) is 19.3 Å². The number of hydrogen-bond acceptors (Lipinski definition) is 6. The van der Waals surface area contributed by atoms with Gasteiger partial charge in [0.25, 0.3) is 0 Å². The van der Waals surface area contributed by atoms with Crippen molar-refractivity contribution >= 4 is 17.0 Å². The maximum absolute atomic E-state index is 13.6. The van der Waals surface area contributed by atoms with Crippen LogP contribution in [0, 0.1) is 17.7 Å². The molecule has 30 heavy (non-hydrogen) atoms. The molecule has 2 heterocycles. The SMILES string of the molecule is COc1ccc(C(O)C#Cc2nc(N)c3nc(-c4cccc(F)c4)n(C)c3n2)cc1. The molecule has 0 fully saturated rings. The molecule has 3 N–H and O–H groups in total. The van der Waals surface area contributed by atoms with Crippen LogP contribution in [0.5, 0.6) is 5.75 Å². The van der Waals surface area contributed by atoms with Gasteiger partial charge in [0.1, 0.15) is 23.5 Å². The van der Waals surface area contributed by atoms with Gasteiger partial charge in [0, 0.05) is 12.6 Å². The van der Waals surface area contributed by atoms with Gasteiger partial charge in [-0.2, -0.15) is 0 Å². The van der Waals surface area contributed by atoms with E-state index in [4.69, 9.17) is 10.5 Å². The molecule has 0 amide bonds. The minimum absolute atomic E-state index is 0.154. The van der Waals surface area contributed by atoms with Crippen LogP contribution in [0.4, 0.5) is 10.2 Å². The number of aliphatic hydroxyl groups is 1. The molecule has 0 saturated heterocycles. The number of nitrogen functional groups attached to an aromatic ring is 1. The molecule has 8 heteroatoms. The van der Waals surface area contributed by atoms with Crippen LogP contribution in [0.25, 0.3) is 22.6 Å². The van der Waals surface area contributed by atoms with Gasteiger partial charge in [0.2, 0.25) is 5.82 Å². The number of hydrogen-bond donors (Lipinski definition) is 2. The summed E-state index contributed by atoms with van der Waals surface area (Å²) in [5.41, 5.74) is 8.13. The Labute approximate surface area is 172 Å². The van der Waals surface area contributed by atoms with E-state index >= 15 is 0 Å². The summed E-state index contributed by atoms with van der Waals surface area (Å²) in [4.78, 5) is 13.0. The Hall–Kier alpha value is -3.96. The van der Waals surface area contributed by atoms with E-state index in [0.29, 0.717) is 33.9 Å². The lowest BCUT2D eigenvalue weighted by molar-refractivity contribution is 0.238. The van der Waals surface area contributed by atoms with Gasteiger partial charge < -0.3 is 20.1 Å². The second-order valence-electron chi connectivity index (χ2n) is 6.55. The van der Waals surface area contributed by atoms with Gasteiger partial charge in [0.15, 0.2) is 17.0 Å². The standard InChI is InChI=1S/C22H18FN5O2/c1-28-21(14-4-3-5-15(23)12-14)27-19-20(24)25-18(26-22(19)28)11-10-17(29)13-6-8-16(30-2)9-7-13/h3-9,12,17,29H,1-2H3,(H2,24,25,26). The van der Waals surface area contributed by atoms with E-state index in [1.807, 2.05) is 0 Å². The summed E-state index contributed by atoms with van der Waals surface area (Å²) in [5, 5.41) is 10.3. The fourth-order valence-corrected chi connectivity index (χ4v) is 3.03. The van der Waals surface area contributed by atoms with E-state index < -0.39 is 6.10 Å². The van der Waals surface area contributed by atoms with Crippen LogP contribution in [0.1, 0.15) is 17.5 Å². The van der Waals surface area contributed by atoms with Gasteiger partial charge in [-0.3, -0.25) is 0 Å². The zero-order chi connectivity index (χ0) is 21.3.